The molecule has 0 spiro atoms. The van der Waals surface area contributed by atoms with Crippen LogP contribution < -0.4 is 0 Å². The standard InChI is InChI=1S/C19H23N/c1-15-9-8-10-16(13-15)14-18(19(2,3)4)20-17-11-6-5-7-12-17/h5-13H,14H2,1-4H3. The molecule has 0 saturated heterocycles. The summed E-state index contributed by atoms with van der Waals surface area (Å²) in [6.07, 6.45) is 0.903. The van der Waals surface area contributed by atoms with E-state index >= 15 is 0 Å². The van der Waals surface area contributed by atoms with Crippen molar-refractivity contribution in [1.29, 1.82) is 0 Å². The summed E-state index contributed by atoms with van der Waals surface area (Å²) in [6.45, 7) is 8.81. The highest BCUT2D eigenvalue weighted by molar-refractivity contribution is 5.93. The van der Waals surface area contributed by atoms with Gasteiger partial charge in [-0.2, -0.15) is 0 Å². The average Bonchev–Trinajstić information content (AvgIpc) is 2.38. The van der Waals surface area contributed by atoms with Crippen molar-refractivity contribution in [3.05, 3.63) is 65.7 Å². The molecular formula is C19H23N. The molecule has 0 bridgehead atoms. The molecular weight excluding hydrogens is 242 g/mol. The molecule has 0 heterocycles. The number of nitrogens with zero attached hydrogens (tertiary/aromatic N) is 1. The molecule has 0 unspecified atom stereocenters. The van der Waals surface area contributed by atoms with Crippen LogP contribution in [0.1, 0.15) is 31.9 Å². The quantitative estimate of drug-likeness (QED) is 0.663. The zero-order valence-electron chi connectivity index (χ0n) is 12.9. The van der Waals surface area contributed by atoms with E-state index in [9.17, 15) is 0 Å². The molecule has 0 N–H and O–H groups in total. The van der Waals surface area contributed by atoms with Crippen LogP contribution in [0.15, 0.2) is 59.6 Å². The molecule has 0 aromatic heterocycles. The van der Waals surface area contributed by atoms with Crippen molar-refractivity contribution in [3.8, 4) is 0 Å². The lowest BCUT2D eigenvalue weighted by Crippen LogP contribution is -2.22. The molecule has 1 nitrogen and oxygen atoms in total. The molecule has 2 aromatic rings. The second kappa shape index (κ2) is 6.04. The summed E-state index contributed by atoms with van der Waals surface area (Å²) in [4.78, 5) is 4.87. The molecule has 0 amide bonds. The summed E-state index contributed by atoms with van der Waals surface area (Å²) in [5.41, 5.74) is 4.95. The van der Waals surface area contributed by atoms with Crippen molar-refractivity contribution in [1.82, 2.24) is 0 Å². The second-order valence-corrected chi connectivity index (χ2v) is 6.31. The maximum Gasteiger partial charge on any atom is 0.0629 e. The lowest BCUT2D eigenvalue weighted by molar-refractivity contribution is 0.582. The Labute approximate surface area is 122 Å². The monoisotopic (exact) mass is 265 g/mol. The van der Waals surface area contributed by atoms with E-state index in [1.807, 2.05) is 18.2 Å². The fraction of sp³-hybridized carbons (Fsp3) is 0.316. The number of rotatable bonds is 3. The lowest BCUT2D eigenvalue weighted by Gasteiger charge is -2.22. The third-order valence-corrected chi connectivity index (χ3v) is 3.34. The van der Waals surface area contributed by atoms with Crippen molar-refractivity contribution >= 4 is 11.4 Å². The van der Waals surface area contributed by atoms with Crippen molar-refractivity contribution in [2.45, 2.75) is 34.1 Å². The Bertz CT molecular complexity index is 589. The number of para-hydroxylation sites is 1. The second-order valence-electron chi connectivity index (χ2n) is 6.31. The van der Waals surface area contributed by atoms with Crippen LogP contribution in [0.25, 0.3) is 0 Å². The van der Waals surface area contributed by atoms with Crippen molar-refractivity contribution in [2.75, 3.05) is 0 Å². The van der Waals surface area contributed by atoms with Crippen LogP contribution in [0.3, 0.4) is 0 Å². The van der Waals surface area contributed by atoms with Crippen LogP contribution in [0.4, 0.5) is 5.69 Å². The first-order chi connectivity index (χ1) is 9.45. The van der Waals surface area contributed by atoms with Gasteiger partial charge in [0.1, 0.15) is 0 Å². The zero-order valence-corrected chi connectivity index (χ0v) is 12.9. The third-order valence-electron chi connectivity index (χ3n) is 3.34. The van der Waals surface area contributed by atoms with E-state index in [1.165, 1.54) is 16.8 Å². The molecule has 0 aliphatic carbocycles. The van der Waals surface area contributed by atoms with E-state index in [0.29, 0.717) is 0 Å². The summed E-state index contributed by atoms with van der Waals surface area (Å²) in [7, 11) is 0. The summed E-state index contributed by atoms with van der Waals surface area (Å²) in [6, 6.07) is 18.9. The van der Waals surface area contributed by atoms with Crippen molar-refractivity contribution < 1.29 is 0 Å². The fourth-order valence-electron chi connectivity index (χ4n) is 2.15. The van der Waals surface area contributed by atoms with Gasteiger partial charge in [0, 0.05) is 17.5 Å². The summed E-state index contributed by atoms with van der Waals surface area (Å²) < 4.78 is 0. The maximum atomic E-state index is 4.87. The molecule has 104 valence electrons. The molecule has 0 aliphatic rings. The molecule has 1 heteroatoms. The van der Waals surface area contributed by atoms with E-state index in [-0.39, 0.29) is 5.41 Å². The van der Waals surface area contributed by atoms with Gasteiger partial charge in [0.05, 0.1) is 5.69 Å². The fourth-order valence-corrected chi connectivity index (χ4v) is 2.15. The Kier molecular flexibility index (Phi) is 4.39. The van der Waals surface area contributed by atoms with Gasteiger partial charge in [-0.15, -0.1) is 0 Å². The summed E-state index contributed by atoms with van der Waals surface area (Å²) in [5, 5.41) is 0. The highest BCUT2D eigenvalue weighted by Gasteiger charge is 2.19. The predicted octanol–water partition coefficient (Wildman–Crippen LogP) is 5.36. The molecule has 20 heavy (non-hydrogen) atoms. The smallest absolute Gasteiger partial charge is 0.0629 e. The first-order valence-electron chi connectivity index (χ1n) is 7.14. The Balaban J connectivity index is 2.32. The van der Waals surface area contributed by atoms with Gasteiger partial charge in [-0.3, -0.25) is 4.99 Å². The van der Waals surface area contributed by atoms with E-state index in [1.54, 1.807) is 0 Å². The summed E-state index contributed by atoms with van der Waals surface area (Å²) >= 11 is 0. The summed E-state index contributed by atoms with van der Waals surface area (Å²) in [5.74, 6) is 0. The molecule has 0 fully saturated rings. The van der Waals surface area contributed by atoms with Crippen LogP contribution in [-0.4, -0.2) is 5.71 Å². The minimum absolute atomic E-state index is 0.0690. The van der Waals surface area contributed by atoms with Crippen molar-refractivity contribution in [2.24, 2.45) is 10.4 Å². The van der Waals surface area contributed by atoms with Crippen LogP contribution in [-0.2, 0) is 6.42 Å². The van der Waals surface area contributed by atoms with Crippen LogP contribution in [0.5, 0.6) is 0 Å². The maximum absolute atomic E-state index is 4.87. The Morgan fingerprint density at radius 1 is 0.950 bits per heavy atom. The average molecular weight is 265 g/mol. The lowest BCUT2D eigenvalue weighted by atomic mass is 9.85. The van der Waals surface area contributed by atoms with Gasteiger partial charge in [-0.05, 0) is 24.6 Å². The van der Waals surface area contributed by atoms with Gasteiger partial charge in [0.25, 0.3) is 0 Å². The predicted molar refractivity (Wildman–Crippen MR) is 87.9 cm³/mol. The Morgan fingerprint density at radius 2 is 1.65 bits per heavy atom. The van der Waals surface area contributed by atoms with Crippen LogP contribution in [0.2, 0.25) is 0 Å². The Morgan fingerprint density at radius 3 is 2.25 bits per heavy atom. The Hall–Kier alpha value is -1.89. The van der Waals surface area contributed by atoms with Gasteiger partial charge in [0.15, 0.2) is 0 Å². The van der Waals surface area contributed by atoms with Gasteiger partial charge in [-0.1, -0.05) is 68.8 Å². The SMILES string of the molecule is Cc1cccc(CC(=Nc2ccccc2)C(C)(C)C)c1. The highest BCUT2D eigenvalue weighted by atomic mass is 14.8. The molecule has 2 rings (SSSR count). The number of benzene rings is 2. The number of aryl methyl sites for hydroxylation is 1. The highest BCUT2D eigenvalue weighted by Crippen LogP contribution is 2.23. The molecule has 0 radical (unpaired) electrons. The largest absolute Gasteiger partial charge is 0.257 e. The number of aliphatic imine (C=N–C) groups is 1. The van der Waals surface area contributed by atoms with Gasteiger partial charge >= 0.3 is 0 Å². The normalized spacial score (nSPS) is 12.5. The van der Waals surface area contributed by atoms with E-state index < -0.39 is 0 Å². The van der Waals surface area contributed by atoms with Crippen LogP contribution in [0, 0.1) is 12.3 Å². The molecule has 0 atom stereocenters. The van der Waals surface area contributed by atoms with Gasteiger partial charge < -0.3 is 0 Å². The van der Waals surface area contributed by atoms with E-state index in [2.05, 4.69) is 64.1 Å². The topological polar surface area (TPSA) is 12.4 Å². The van der Waals surface area contributed by atoms with E-state index in [0.717, 1.165) is 12.1 Å². The van der Waals surface area contributed by atoms with Gasteiger partial charge in [0.2, 0.25) is 0 Å². The van der Waals surface area contributed by atoms with Gasteiger partial charge in [-0.25, -0.2) is 0 Å². The number of hydrogen-bond donors (Lipinski definition) is 0. The molecule has 2 aromatic carbocycles. The minimum Gasteiger partial charge on any atom is -0.257 e. The first kappa shape index (κ1) is 14.5. The van der Waals surface area contributed by atoms with Crippen LogP contribution >= 0.6 is 0 Å². The molecule has 0 aliphatic heterocycles. The zero-order chi connectivity index (χ0) is 14.6. The third kappa shape index (κ3) is 4.06. The van der Waals surface area contributed by atoms with E-state index in [4.69, 9.17) is 4.99 Å². The minimum atomic E-state index is 0.0690. The molecule has 0 saturated carbocycles. The first-order valence-corrected chi connectivity index (χ1v) is 7.14. The number of hydrogen-bond acceptors (Lipinski definition) is 1. The van der Waals surface area contributed by atoms with Crippen molar-refractivity contribution in [3.63, 3.8) is 0 Å².